The molecular weight excluding hydrogens is 214 g/mol. The third-order valence-electron chi connectivity index (χ3n) is 0.351. The molecule has 11 heavy (non-hydrogen) atoms. The summed E-state index contributed by atoms with van der Waals surface area (Å²) >= 11 is 2.82. The van der Waals surface area contributed by atoms with E-state index >= 15 is 0 Å². The minimum Gasteiger partial charge on any atom is -0.422 e. The second-order valence-corrected chi connectivity index (χ2v) is 2.07. The second-order valence-electron chi connectivity index (χ2n) is 1.24. The molecule has 1 amide bonds. The molecule has 0 fully saturated rings. The Bertz CT molecular complexity index is 143. The number of ether oxygens (including phenoxy) is 1. The first-order valence-corrected chi connectivity index (χ1v) is 3.67. The Morgan fingerprint density at radius 2 is 2.36 bits per heavy atom. The van der Waals surface area contributed by atoms with Gasteiger partial charge in [0.1, 0.15) is 0 Å². The quantitative estimate of drug-likeness (QED) is 0.501. The van der Waals surface area contributed by atoms with Gasteiger partial charge in [-0.05, 0) is 22.9 Å². The Labute approximate surface area is 73.8 Å². The average Bonchev–Trinajstić information content (AvgIpc) is 1.88. The van der Waals surface area contributed by atoms with Crippen LogP contribution in [0.25, 0.3) is 0 Å². The number of nitrogens with two attached hydrogens (primary N) is 1. The van der Waals surface area contributed by atoms with E-state index in [0.717, 1.165) is 0 Å². The van der Waals surface area contributed by atoms with Crippen molar-refractivity contribution in [3.05, 3.63) is 0 Å². The highest BCUT2D eigenvalue weighted by Gasteiger charge is 1.99. The van der Waals surface area contributed by atoms with E-state index in [1.165, 1.54) is 0 Å². The first-order chi connectivity index (χ1) is 5.08. The highest BCUT2D eigenvalue weighted by atomic mass is 79.9. The monoisotopic (exact) mass is 223 g/mol. The molecule has 0 aliphatic rings. The van der Waals surface area contributed by atoms with Crippen LogP contribution in [-0.2, 0) is 4.74 Å². The highest BCUT2D eigenvalue weighted by molar-refractivity contribution is 9.09. The topological polar surface area (TPSA) is 72.5 Å². The maximum Gasteiger partial charge on any atom is 0.406 e. The maximum absolute atomic E-state index is 9.84. The van der Waals surface area contributed by atoms with Gasteiger partial charge in [-0.25, -0.2) is 4.79 Å². The molecule has 0 aliphatic carbocycles. The van der Waals surface area contributed by atoms with E-state index < -0.39 is 11.1 Å². The fraction of sp³-hybridized carbons (Fsp3) is 0.500. The molecule has 1 unspecified atom stereocenters. The van der Waals surface area contributed by atoms with E-state index in [4.69, 9.17) is 11.5 Å². The van der Waals surface area contributed by atoms with E-state index in [9.17, 15) is 4.79 Å². The molecular formula is C6H10BrNO3. The minimum absolute atomic E-state index is 0.250. The first-order valence-electron chi connectivity index (χ1n) is 2.75. The van der Waals surface area contributed by atoms with Crippen molar-refractivity contribution < 1.29 is 14.6 Å². The molecule has 0 aliphatic heterocycles. The predicted molar refractivity (Wildman–Crippen MR) is 45.0 cm³/mol. The summed E-state index contributed by atoms with van der Waals surface area (Å²) in [5.41, 5.74) is 4.58. The number of amides is 1. The van der Waals surface area contributed by atoms with Crippen LogP contribution in [0.15, 0.2) is 0 Å². The lowest BCUT2D eigenvalue weighted by Gasteiger charge is -1.98. The molecule has 0 saturated carbocycles. The maximum atomic E-state index is 9.84. The summed E-state index contributed by atoms with van der Waals surface area (Å²) in [6, 6.07) is 0. The smallest absolute Gasteiger partial charge is 0.406 e. The largest absolute Gasteiger partial charge is 0.422 e. The van der Waals surface area contributed by atoms with Gasteiger partial charge < -0.3 is 15.6 Å². The standard InChI is InChI=1S/C4H4BrNO2.C2H6O/c1-2-3(5)8-4(6)7;1-2-3/h1,3H,(H2,6,7);3H,2H2,1H3. The molecule has 0 aromatic heterocycles. The minimum atomic E-state index is -0.884. The Kier molecular flexibility index (Phi) is 10.9. The Morgan fingerprint density at radius 3 is 2.45 bits per heavy atom. The van der Waals surface area contributed by atoms with E-state index in [-0.39, 0.29) is 6.61 Å². The SMILES string of the molecule is C#CC(Br)OC(N)=O.CCO. The Hall–Kier alpha value is -0.730. The van der Waals surface area contributed by atoms with E-state index in [1.54, 1.807) is 6.92 Å². The normalized spacial score (nSPS) is 10.0. The molecule has 0 radical (unpaired) electrons. The van der Waals surface area contributed by atoms with Crippen LogP contribution in [0, 0.1) is 12.3 Å². The van der Waals surface area contributed by atoms with Crippen molar-refractivity contribution in [2.24, 2.45) is 5.73 Å². The number of terminal acetylenes is 1. The van der Waals surface area contributed by atoms with Crippen molar-refractivity contribution >= 4 is 22.0 Å². The van der Waals surface area contributed by atoms with Crippen LogP contribution in [0.3, 0.4) is 0 Å². The number of aliphatic hydroxyl groups excluding tert-OH is 1. The van der Waals surface area contributed by atoms with Gasteiger partial charge in [0.25, 0.3) is 0 Å². The zero-order valence-corrected chi connectivity index (χ0v) is 7.67. The van der Waals surface area contributed by atoms with Gasteiger partial charge in [0, 0.05) is 6.61 Å². The number of carbonyl (C=O) groups is 1. The van der Waals surface area contributed by atoms with E-state index in [2.05, 4.69) is 32.3 Å². The molecule has 0 aromatic carbocycles. The number of alkyl halides is 1. The fourth-order valence-electron chi connectivity index (χ4n) is 0.136. The molecule has 0 bridgehead atoms. The van der Waals surface area contributed by atoms with Crippen LogP contribution >= 0.6 is 15.9 Å². The number of carbonyl (C=O) groups excluding carboxylic acids is 1. The van der Waals surface area contributed by atoms with Gasteiger partial charge in [-0.2, -0.15) is 0 Å². The molecule has 0 heterocycles. The van der Waals surface area contributed by atoms with Gasteiger partial charge in [0.05, 0.1) is 0 Å². The Balaban J connectivity index is 0. The van der Waals surface area contributed by atoms with E-state index in [1.807, 2.05) is 0 Å². The number of hydrogen-bond acceptors (Lipinski definition) is 3. The summed E-state index contributed by atoms with van der Waals surface area (Å²) in [4.78, 5) is 9.84. The molecule has 5 heteroatoms. The molecule has 4 nitrogen and oxygen atoms in total. The molecule has 0 rings (SSSR count). The van der Waals surface area contributed by atoms with E-state index in [0.29, 0.717) is 0 Å². The van der Waals surface area contributed by atoms with Crippen molar-refractivity contribution in [3.8, 4) is 12.3 Å². The summed E-state index contributed by atoms with van der Waals surface area (Å²) < 4.78 is 4.22. The van der Waals surface area contributed by atoms with Gasteiger partial charge >= 0.3 is 6.09 Å². The summed E-state index contributed by atoms with van der Waals surface area (Å²) in [6.45, 7) is 1.93. The number of aliphatic hydroxyl groups is 1. The third-order valence-corrected chi connectivity index (χ3v) is 0.802. The van der Waals surface area contributed by atoms with Crippen LogP contribution in [-0.4, -0.2) is 22.8 Å². The van der Waals surface area contributed by atoms with Gasteiger partial charge in [0.15, 0.2) is 0 Å². The van der Waals surface area contributed by atoms with Crippen LogP contribution in [0.5, 0.6) is 0 Å². The number of primary amides is 1. The van der Waals surface area contributed by atoms with Crippen molar-refractivity contribution in [2.45, 2.75) is 11.9 Å². The van der Waals surface area contributed by atoms with Gasteiger partial charge in [-0.3, -0.25) is 0 Å². The molecule has 1 atom stereocenters. The lowest BCUT2D eigenvalue weighted by atomic mass is 10.7. The van der Waals surface area contributed by atoms with Gasteiger partial charge in [0.2, 0.25) is 5.01 Å². The number of halogens is 1. The predicted octanol–water partition coefficient (Wildman–Crippen LogP) is 0.435. The summed E-state index contributed by atoms with van der Waals surface area (Å²) in [6.07, 6.45) is 3.91. The number of hydrogen-bond donors (Lipinski definition) is 2. The van der Waals surface area contributed by atoms with Crippen LogP contribution < -0.4 is 5.73 Å². The second kappa shape index (κ2) is 9.27. The van der Waals surface area contributed by atoms with Crippen molar-refractivity contribution in [1.29, 1.82) is 0 Å². The lowest BCUT2D eigenvalue weighted by molar-refractivity contribution is 0.164. The highest BCUT2D eigenvalue weighted by Crippen LogP contribution is 1.97. The van der Waals surface area contributed by atoms with Crippen LogP contribution in [0.1, 0.15) is 6.92 Å². The summed E-state index contributed by atoms with van der Waals surface area (Å²) in [7, 11) is 0. The third kappa shape index (κ3) is 17.6. The zero-order chi connectivity index (χ0) is 9.28. The summed E-state index contributed by atoms with van der Waals surface area (Å²) in [5, 5.41) is 6.86. The zero-order valence-electron chi connectivity index (χ0n) is 6.08. The van der Waals surface area contributed by atoms with Crippen molar-refractivity contribution in [1.82, 2.24) is 0 Å². The Morgan fingerprint density at radius 1 is 2.00 bits per heavy atom. The molecule has 3 N–H and O–H groups in total. The molecule has 0 saturated heterocycles. The lowest BCUT2D eigenvalue weighted by Crippen LogP contribution is -2.16. The molecule has 0 spiro atoms. The average molecular weight is 224 g/mol. The van der Waals surface area contributed by atoms with Gasteiger partial charge in [-0.1, -0.05) is 5.92 Å². The molecule has 64 valence electrons. The summed E-state index contributed by atoms with van der Waals surface area (Å²) in [5.74, 6) is 2.09. The fourth-order valence-corrected chi connectivity index (χ4v) is 0.320. The van der Waals surface area contributed by atoms with Crippen LogP contribution in [0.4, 0.5) is 4.79 Å². The van der Waals surface area contributed by atoms with Crippen molar-refractivity contribution in [2.75, 3.05) is 6.61 Å². The molecule has 0 aromatic rings. The number of rotatable bonds is 1. The van der Waals surface area contributed by atoms with Crippen LogP contribution in [0.2, 0.25) is 0 Å². The first kappa shape index (κ1) is 12.9. The van der Waals surface area contributed by atoms with Crippen molar-refractivity contribution in [3.63, 3.8) is 0 Å². The van der Waals surface area contributed by atoms with Gasteiger partial charge in [-0.15, -0.1) is 6.42 Å².